The van der Waals surface area contributed by atoms with Gasteiger partial charge in [-0.05, 0) is 35.7 Å². The Morgan fingerprint density at radius 3 is 2.38 bits per heavy atom. The van der Waals surface area contributed by atoms with Gasteiger partial charge in [0.15, 0.2) is 9.84 Å². The minimum atomic E-state index is -3.45. The minimum Gasteiger partial charge on any atom is -0.368 e. The number of rotatable bonds is 3. The van der Waals surface area contributed by atoms with E-state index in [2.05, 4.69) is 0 Å². The molecule has 2 aromatic carbocycles. The average molecular weight is 372 g/mol. The van der Waals surface area contributed by atoms with Gasteiger partial charge in [-0.2, -0.15) is 0 Å². The number of nitrogens with zero attached hydrogens (tertiary/aromatic N) is 1. The molecule has 26 heavy (non-hydrogen) atoms. The van der Waals surface area contributed by atoms with Gasteiger partial charge in [0.1, 0.15) is 6.04 Å². The van der Waals surface area contributed by atoms with Gasteiger partial charge in [-0.15, -0.1) is 0 Å². The van der Waals surface area contributed by atoms with Gasteiger partial charge in [-0.25, -0.2) is 8.42 Å². The second-order valence-corrected chi connectivity index (χ2v) is 8.59. The third-order valence-electron chi connectivity index (χ3n) is 4.71. The predicted octanol–water partition coefficient (Wildman–Crippen LogP) is 1.45. The van der Waals surface area contributed by atoms with Crippen molar-refractivity contribution in [1.29, 1.82) is 0 Å². The molecule has 0 spiro atoms. The summed E-state index contributed by atoms with van der Waals surface area (Å²) in [5.74, 6) is -0.976. The summed E-state index contributed by atoms with van der Waals surface area (Å²) in [5, 5.41) is 0. The molecule has 3 rings (SSSR count). The van der Waals surface area contributed by atoms with E-state index in [1.807, 2.05) is 24.3 Å². The van der Waals surface area contributed by atoms with E-state index < -0.39 is 27.7 Å². The number of amides is 2. The molecule has 0 unspecified atom stereocenters. The van der Waals surface area contributed by atoms with E-state index in [-0.39, 0.29) is 17.0 Å². The van der Waals surface area contributed by atoms with Crippen LogP contribution in [0, 0.1) is 6.92 Å². The molecular formula is C19H20N2O4S. The van der Waals surface area contributed by atoms with Crippen LogP contribution in [0.4, 0.5) is 0 Å². The molecule has 2 aromatic rings. The lowest BCUT2D eigenvalue weighted by atomic mass is 9.92. The fourth-order valence-electron chi connectivity index (χ4n) is 3.21. The number of aryl methyl sites for hydroxylation is 1. The number of sulfone groups is 1. The molecule has 0 bridgehead atoms. The lowest BCUT2D eigenvalue weighted by molar-refractivity contribution is -0.122. The quantitative estimate of drug-likeness (QED) is 0.882. The summed E-state index contributed by atoms with van der Waals surface area (Å²) in [6, 6.07) is 11.3. The summed E-state index contributed by atoms with van der Waals surface area (Å²) in [7, 11) is -3.45. The molecule has 1 aliphatic heterocycles. The molecule has 2 amide bonds. The Hall–Kier alpha value is -2.67. The molecule has 0 radical (unpaired) electrons. The first-order valence-corrected chi connectivity index (χ1v) is 10.1. The highest BCUT2D eigenvalue weighted by molar-refractivity contribution is 7.90. The van der Waals surface area contributed by atoms with Gasteiger partial charge in [-0.3, -0.25) is 9.59 Å². The molecule has 0 saturated carbocycles. The molecule has 2 N–H and O–H groups in total. The van der Waals surface area contributed by atoms with E-state index in [4.69, 9.17) is 5.73 Å². The van der Waals surface area contributed by atoms with Crippen molar-refractivity contribution in [3.63, 3.8) is 0 Å². The second kappa shape index (κ2) is 6.57. The average Bonchev–Trinajstić information content (AvgIpc) is 2.59. The zero-order chi connectivity index (χ0) is 19.1. The van der Waals surface area contributed by atoms with Crippen molar-refractivity contribution in [3.05, 3.63) is 64.7 Å². The van der Waals surface area contributed by atoms with E-state index in [1.54, 1.807) is 13.0 Å². The molecule has 1 aliphatic rings. The Balaban J connectivity index is 2.05. The van der Waals surface area contributed by atoms with Gasteiger partial charge < -0.3 is 10.6 Å². The Kier molecular flexibility index (Phi) is 4.58. The molecule has 0 fully saturated rings. The van der Waals surface area contributed by atoms with Gasteiger partial charge >= 0.3 is 0 Å². The van der Waals surface area contributed by atoms with Crippen LogP contribution in [-0.2, 0) is 27.6 Å². The normalized spacial score (nSPS) is 16.8. The van der Waals surface area contributed by atoms with E-state index in [0.717, 1.165) is 17.4 Å². The maximum Gasteiger partial charge on any atom is 0.255 e. The maximum absolute atomic E-state index is 13.1. The van der Waals surface area contributed by atoms with Crippen LogP contribution >= 0.6 is 0 Å². The zero-order valence-electron chi connectivity index (χ0n) is 14.6. The highest BCUT2D eigenvalue weighted by Gasteiger charge is 2.34. The second-order valence-electron chi connectivity index (χ2n) is 6.57. The molecule has 0 aromatic heterocycles. The number of carbonyl (C=O) groups excluding carboxylic acids is 2. The number of hydrogen-bond acceptors (Lipinski definition) is 4. The van der Waals surface area contributed by atoms with Crippen LogP contribution in [0.1, 0.15) is 27.0 Å². The predicted molar refractivity (Wildman–Crippen MR) is 97.3 cm³/mol. The molecule has 1 heterocycles. The summed E-state index contributed by atoms with van der Waals surface area (Å²) < 4.78 is 23.7. The fourth-order valence-corrected chi connectivity index (χ4v) is 3.85. The Bertz CT molecular complexity index is 998. The standard InChI is InChI=1S/C19H20N2O4S/c1-12-7-8-15(26(2,24)25)10-16(12)19(23)21-11-14-6-4-3-5-13(14)9-17(21)18(20)22/h3-8,10,17H,9,11H2,1-2H3,(H2,20,22)/t17-/m1/s1. The third kappa shape index (κ3) is 3.35. The van der Waals surface area contributed by atoms with E-state index >= 15 is 0 Å². The Morgan fingerprint density at radius 1 is 1.12 bits per heavy atom. The number of primary amides is 1. The van der Waals surface area contributed by atoms with Gasteiger partial charge in [0.2, 0.25) is 5.91 Å². The molecule has 136 valence electrons. The Morgan fingerprint density at radius 2 is 1.77 bits per heavy atom. The van der Waals surface area contributed by atoms with Gasteiger partial charge in [0.25, 0.3) is 5.91 Å². The van der Waals surface area contributed by atoms with E-state index in [9.17, 15) is 18.0 Å². The number of fused-ring (bicyclic) bond motifs is 1. The van der Waals surface area contributed by atoms with Crippen LogP contribution < -0.4 is 5.73 Å². The molecule has 0 saturated heterocycles. The molecular weight excluding hydrogens is 352 g/mol. The number of nitrogens with two attached hydrogens (primary N) is 1. The smallest absolute Gasteiger partial charge is 0.255 e. The first-order valence-electron chi connectivity index (χ1n) is 8.16. The summed E-state index contributed by atoms with van der Waals surface area (Å²) >= 11 is 0. The molecule has 7 heteroatoms. The van der Waals surface area contributed by atoms with Gasteiger partial charge in [0.05, 0.1) is 4.90 Å². The van der Waals surface area contributed by atoms with Gasteiger partial charge in [-0.1, -0.05) is 30.3 Å². The number of hydrogen-bond donors (Lipinski definition) is 1. The largest absolute Gasteiger partial charge is 0.368 e. The summed E-state index contributed by atoms with van der Waals surface area (Å²) in [6.07, 6.45) is 1.44. The SMILES string of the molecule is Cc1ccc(S(C)(=O)=O)cc1C(=O)N1Cc2ccccc2C[C@@H]1C(N)=O. The first kappa shape index (κ1) is 18.1. The lowest BCUT2D eigenvalue weighted by Crippen LogP contribution is -2.51. The zero-order valence-corrected chi connectivity index (χ0v) is 15.4. The van der Waals surface area contributed by atoms with Crippen LogP contribution in [0.15, 0.2) is 47.4 Å². The fraction of sp³-hybridized carbons (Fsp3) is 0.263. The molecule has 1 atom stereocenters. The first-order chi connectivity index (χ1) is 12.2. The van der Waals surface area contributed by atoms with E-state index in [1.165, 1.54) is 17.0 Å². The monoisotopic (exact) mass is 372 g/mol. The van der Waals surface area contributed by atoms with E-state index in [0.29, 0.717) is 12.0 Å². The number of benzene rings is 2. The maximum atomic E-state index is 13.1. The van der Waals surface area contributed by atoms with Crippen molar-refractivity contribution < 1.29 is 18.0 Å². The van der Waals surface area contributed by atoms with Crippen molar-refractivity contribution in [3.8, 4) is 0 Å². The summed E-state index contributed by atoms with van der Waals surface area (Å²) in [5.41, 5.74) is 8.39. The highest BCUT2D eigenvalue weighted by Crippen LogP contribution is 2.26. The topological polar surface area (TPSA) is 97.5 Å². The number of carbonyl (C=O) groups is 2. The van der Waals surface area contributed by atoms with Crippen molar-refractivity contribution in [1.82, 2.24) is 4.90 Å². The lowest BCUT2D eigenvalue weighted by Gasteiger charge is -2.35. The summed E-state index contributed by atoms with van der Waals surface area (Å²) in [6.45, 7) is 1.99. The molecule has 0 aliphatic carbocycles. The highest BCUT2D eigenvalue weighted by atomic mass is 32.2. The van der Waals surface area contributed by atoms with Crippen molar-refractivity contribution in [2.45, 2.75) is 30.8 Å². The van der Waals surface area contributed by atoms with Gasteiger partial charge in [0, 0.05) is 24.8 Å². The minimum absolute atomic E-state index is 0.0690. The third-order valence-corrected chi connectivity index (χ3v) is 5.82. The molecule has 6 nitrogen and oxygen atoms in total. The van der Waals surface area contributed by atoms with Crippen LogP contribution in [0.25, 0.3) is 0 Å². The Labute approximate surface area is 152 Å². The van der Waals surface area contributed by atoms with Crippen molar-refractivity contribution in [2.75, 3.05) is 6.26 Å². The van der Waals surface area contributed by atoms with Crippen molar-refractivity contribution >= 4 is 21.7 Å². The van der Waals surface area contributed by atoms with Crippen LogP contribution in [-0.4, -0.2) is 37.4 Å². The summed E-state index contributed by atoms with van der Waals surface area (Å²) in [4.78, 5) is 26.6. The van der Waals surface area contributed by atoms with Crippen LogP contribution in [0.2, 0.25) is 0 Å². The van der Waals surface area contributed by atoms with Crippen LogP contribution in [0.3, 0.4) is 0 Å². The van der Waals surface area contributed by atoms with Crippen LogP contribution in [0.5, 0.6) is 0 Å². The van der Waals surface area contributed by atoms with Crippen molar-refractivity contribution in [2.24, 2.45) is 5.73 Å².